The maximum Gasteiger partial charge on any atom is 0.237 e. The van der Waals surface area contributed by atoms with Crippen LogP contribution in [0.15, 0.2) is 18.2 Å². The maximum atomic E-state index is 11.4. The van der Waals surface area contributed by atoms with Crippen LogP contribution >= 0.6 is 0 Å². The number of rotatable bonds is 3. The average molecular weight is 262 g/mol. The van der Waals surface area contributed by atoms with Gasteiger partial charge < -0.3 is 16.2 Å². The molecule has 1 aromatic rings. The van der Waals surface area contributed by atoms with Crippen LogP contribution in [0.25, 0.3) is 0 Å². The second kappa shape index (κ2) is 5.21. The van der Waals surface area contributed by atoms with Gasteiger partial charge in [-0.2, -0.15) is 0 Å². The normalized spacial score (nSPS) is 27.0. The number of carbonyl (C=O) groups excluding carboxylic acids is 1. The van der Waals surface area contributed by atoms with Crippen molar-refractivity contribution in [3.63, 3.8) is 0 Å². The summed E-state index contributed by atoms with van der Waals surface area (Å²) in [5.41, 5.74) is 12.9. The lowest BCUT2D eigenvalue weighted by molar-refractivity contribution is -0.125. The number of ether oxygens (including phenoxy) is 1. The molecular formula is C15H22N2O2. The van der Waals surface area contributed by atoms with E-state index in [9.17, 15) is 4.79 Å². The Morgan fingerprint density at radius 2 is 2.16 bits per heavy atom. The van der Waals surface area contributed by atoms with E-state index >= 15 is 0 Å². The van der Waals surface area contributed by atoms with Gasteiger partial charge in [-0.3, -0.25) is 4.79 Å². The summed E-state index contributed by atoms with van der Waals surface area (Å²) in [6.07, 6.45) is 2.89. The summed E-state index contributed by atoms with van der Waals surface area (Å²) >= 11 is 0. The fourth-order valence-corrected chi connectivity index (χ4v) is 2.61. The molecule has 19 heavy (non-hydrogen) atoms. The van der Waals surface area contributed by atoms with E-state index in [0.29, 0.717) is 12.8 Å². The first-order chi connectivity index (χ1) is 8.92. The number of amides is 1. The monoisotopic (exact) mass is 262 g/mol. The lowest BCUT2D eigenvalue weighted by Gasteiger charge is -2.35. The first-order valence-corrected chi connectivity index (χ1v) is 6.74. The molecule has 1 aliphatic carbocycles. The van der Waals surface area contributed by atoms with Crippen molar-refractivity contribution in [2.75, 3.05) is 0 Å². The molecule has 0 bridgehead atoms. The minimum atomic E-state index is -0.916. The van der Waals surface area contributed by atoms with Gasteiger partial charge in [0, 0.05) is 6.42 Å². The summed E-state index contributed by atoms with van der Waals surface area (Å²) in [6, 6.07) is 5.99. The van der Waals surface area contributed by atoms with E-state index in [0.717, 1.165) is 24.2 Å². The Bertz CT molecular complexity index is 487. The molecule has 2 atom stereocenters. The second-order valence-electron chi connectivity index (χ2n) is 5.55. The number of nitrogens with two attached hydrogens (primary N) is 2. The Morgan fingerprint density at radius 1 is 1.42 bits per heavy atom. The van der Waals surface area contributed by atoms with Crippen molar-refractivity contribution in [1.82, 2.24) is 0 Å². The molecule has 1 aromatic carbocycles. The van der Waals surface area contributed by atoms with Gasteiger partial charge in [0.1, 0.15) is 11.9 Å². The van der Waals surface area contributed by atoms with Crippen molar-refractivity contribution in [2.45, 2.75) is 51.2 Å². The van der Waals surface area contributed by atoms with E-state index in [1.807, 2.05) is 19.1 Å². The van der Waals surface area contributed by atoms with Crippen molar-refractivity contribution in [1.29, 1.82) is 0 Å². The van der Waals surface area contributed by atoms with E-state index in [1.54, 1.807) is 0 Å². The molecule has 4 heteroatoms. The average Bonchev–Trinajstić information content (AvgIpc) is 2.35. The van der Waals surface area contributed by atoms with Crippen molar-refractivity contribution < 1.29 is 9.53 Å². The largest absolute Gasteiger partial charge is 0.490 e. The standard InChI is InChI=1S/C15H22N2O2/c1-10-5-3-7-13(11(10)2)19-12-6-4-8-15(17,9-12)14(16)18/h3,5,7,12H,4,6,8-9,17H2,1-2H3,(H2,16,18). The first-order valence-electron chi connectivity index (χ1n) is 6.74. The second-order valence-corrected chi connectivity index (χ2v) is 5.55. The summed E-state index contributed by atoms with van der Waals surface area (Å²) in [4.78, 5) is 11.4. The summed E-state index contributed by atoms with van der Waals surface area (Å²) in [6.45, 7) is 4.09. The minimum Gasteiger partial charge on any atom is -0.490 e. The van der Waals surface area contributed by atoms with Gasteiger partial charge in [0.05, 0.1) is 5.54 Å². The molecule has 0 aromatic heterocycles. The van der Waals surface area contributed by atoms with E-state index < -0.39 is 11.4 Å². The molecule has 0 saturated heterocycles. The van der Waals surface area contributed by atoms with Gasteiger partial charge in [-0.1, -0.05) is 12.1 Å². The molecule has 0 radical (unpaired) electrons. The number of benzene rings is 1. The molecule has 1 fully saturated rings. The van der Waals surface area contributed by atoms with E-state index in [4.69, 9.17) is 16.2 Å². The van der Waals surface area contributed by atoms with Crippen LogP contribution < -0.4 is 16.2 Å². The summed E-state index contributed by atoms with van der Waals surface area (Å²) in [5, 5.41) is 0. The van der Waals surface area contributed by atoms with Crippen LogP contribution in [0.1, 0.15) is 36.8 Å². The van der Waals surface area contributed by atoms with Crippen LogP contribution in [-0.2, 0) is 4.79 Å². The lowest BCUT2D eigenvalue weighted by atomic mass is 9.80. The molecule has 2 unspecified atom stereocenters. The van der Waals surface area contributed by atoms with Gasteiger partial charge in [0.15, 0.2) is 0 Å². The third kappa shape index (κ3) is 2.89. The van der Waals surface area contributed by atoms with Crippen molar-refractivity contribution in [3.8, 4) is 5.75 Å². The predicted molar refractivity (Wildman–Crippen MR) is 74.9 cm³/mol. The Morgan fingerprint density at radius 3 is 2.84 bits per heavy atom. The molecule has 0 aliphatic heterocycles. The van der Waals surface area contributed by atoms with Gasteiger partial charge in [-0.05, 0) is 50.3 Å². The highest BCUT2D eigenvalue weighted by molar-refractivity contribution is 5.84. The third-order valence-corrected chi connectivity index (χ3v) is 4.08. The van der Waals surface area contributed by atoms with Crippen molar-refractivity contribution in [2.24, 2.45) is 11.5 Å². The number of carbonyl (C=O) groups is 1. The number of primary amides is 1. The highest BCUT2D eigenvalue weighted by Crippen LogP contribution is 2.31. The van der Waals surface area contributed by atoms with Gasteiger partial charge in [-0.25, -0.2) is 0 Å². The summed E-state index contributed by atoms with van der Waals surface area (Å²) in [7, 11) is 0. The Labute approximate surface area is 114 Å². The van der Waals surface area contributed by atoms with Crippen molar-refractivity contribution >= 4 is 5.91 Å². The zero-order valence-electron chi connectivity index (χ0n) is 11.6. The number of hydrogen-bond donors (Lipinski definition) is 2. The molecule has 104 valence electrons. The Balaban J connectivity index is 2.11. The van der Waals surface area contributed by atoms with Crippen LogP contribution in [0.3, 0.4) is 0 Å². The van der Waals surface area contributed by atoms with Gasteiger partial charge in [0.25, 0.3) is 0 Å². The van der Waals surface area contributed by atoms with E-state index in [1.165, 1.54) is 5.56 Å². The maximum absolute atomic E-state index is 11.4. The van der Waals surface area contributed by atoms with E-state index in [2.05, 4.69) is 13.0 Å². The van der Waals surface area contributed by atoms with Crippen LogP contribution in [0, 0.1) is 13.8 Å². The quantitative estimate of drug-likeness (QED) is 0.872. The molecule has 1 amide bonds. The number of aryl methyl sites for hydroxylation is 1. The fourth-order valence-electron chi connectivity index (χ4n) is 2.61. The number of hydrogen-bond acceptors (Lipinski definition) is 3. The van der Waals surface area contributed by atoms with E-state index in [-0.39, 0.29) is 6.10 Å². The fraction of sp³-hybridized carbons (Fsp3) is 0.533. The molecule has 4 N–H and O–H groups in total. The minimum absolute atomic E-state index is 0.0354. The SMILES string of the molecule is Cc1cccc(OC2CCCC(N)(C(N)=O)C2)c1C. The molecule has 1 saturated carbocycles. The molecule has 1 aliphatic rings. The highest BCUT2D eigenvalue weighted by atomic mass is 16.5. The third-order valence-electron chi connectivity index (χ3n) is 4.08. The smallest absolute Gasteiger partial charge is 0.237 e. The molecule has 0 heterocycles. The van der Waals surface area contributed by atoms with Gasteiger partial charge in [-0.15, -0.1) is 0 Å². The molecular weight excluding hydrogens is 240 g/mol. The zero-order valence-corrected chi connectivity index (χ0v) is 11.6. The Kier molecular flexibility index (Phi) is 3.80. The Hall–Kier alpha value is -1.55. The molecule has 2 rings (SSSR count). The molecule has 0 spiro atoms. The van der Waals surface area contributed by atoms with Crippen molar-refractivity contribution in [3.05, 3.63) is 29.3 Å². The van der Waals surface area contributed by atoms with Crippen LogP contribution in [-0.4, -0.2) is 17.6 Å². The predicted octanol–water partition coefficient (Wildman–Crippen LogP) is 1.81. The van der Waals surface area contributed by atoms with Crippen LogP contribution in [0.2, 0.25) is 0 Å². The topological polar surface area (TPSA) is 78.3 Å². The summed E-state index contributed by atoms with van der Waals surface area (Å²) in [5.74, 6) is 0.445. The first kappa shape index (κ1) is 13.9. The molecule has 4 nitrogen and oxygen atoms in total. The lowest BCUT2D eigenvalue weighted by Crippen LogP contribution is -2.56. The van der Waals surface area contributed by atoms with Crippen LogP contribution in [0.4, 0.5) is 0 Å². The van der Waals surface area contributed by atoms with Crippen LogP contribution in [0.5, 0.6) is 5.75 Å². The zero-order chi connectivity index (χ0) is 14.0. The van der Waals surface area contributed by atoms with Gasteiger partial charge in [0.2, 0.25) is 5.91 Å². The van der Waals surface area contributed by atoms with Gasteiger partial charge >= 0.3 is 0 Å². The summed E-state index contributed by atoms with van der Waals surface area (Å²) < 4.78 is 6.02. The highest BCUT2D eigenvalue weighted by Gasteiger charge is 2.38.